The molecule has 5 nitrogen and oxygen atoms in total. The van der Waals surface area contributed by atoms with E-state index in [0.717, 1.165) is 22.5 Å². The van der Waals surface area contributed by atoms with E-state index in [1.165, 1.54) is 0 Å². The summed E-state index contributed by atoms with van der Waals surface area (Å²) in [6.07, 6.45) is 0.524. The Morgan fingerprint density at radius 3 is 2.83 bits per heavy atom. The minimum atomic E-state index is -0.128. The van der Waals surface area contributed by atoms with Crippen LogP contribution < -0.4 is 5.32 Å². The van der Waals surface area contributed by atoms with E-state index in [9.17, 15) is 5.11 Å². The van der Waals surface area contributed by atoms with Crippen molar-refractivity contribution in [1.29, 1.82) is 0 Å². The van der Waals surface area contributed by atoms with Crippen molar-refractivity contribution >= 4 is 16.7 Å². The predicted molar refractivity (Wildman–Crippen MR) is 71.7 cm³/mol. The van der Waals surface area contributed by atoms with Gasteiger partial charge in [-0.2, -0.15) is 0 Å². The molecule has 0 aliphatic carbocycles. The van der Waals surface area contributed by atoms with E-state index in [-0.39, 0.29) is 19.3 Å². The maximum absolute atomic E-state index is 9.19. The minimum absolute atomic E-state index is 0.000156. The highest BCUT2D eigenvalue weighted by Gasteiger charge is 2.08. The van der Waals surface area contributed by atoms with Crippen molar-refractivity contribution in [2.45, 2.75) is 19.4 Å². The summed E-state index contributed by atoms with van der Waals surface area (Å²) in [7, 11) is 1.99. The molecule has 0 saturated heterocycles. The number of imidazole rings is 1. The Morgan fingerprint density at radius 2 is 2.17 bits per heavy atom. The van der Waals surface area contributed by atoms with E-state index in [1.807, 2.05) is 36.7 Å². The van der Waals surface area contributed by atoms with Crippen molar-refractivity contribution < 1.29 is 10.2 Å². The SMILES string of the molecule is Cc1nc2cc(NC(CO)CCO)ccc2n1C. The van der Waals surface area contributed by atoms with Crippen LogP contribution in [0.4, 0.5) is 5.69 Å². The summed E-state index contributed by atoms with van der Waals surface area (Å²) in [4.78, 5) is 4.46. The number of anilines is 1. The third-order valence-corrected chi connectivity index (χ3v) is 3.17. The molecule has 0 amide bonds. The molecule has 5 heteroatoms. The lowest BCUT2D eigenvalue weighted by atomic mass is 10.2. The van der Waals surface area contributed by atoms with Crippen LogP contribution in [0, 0.1) is 6.92 Å². The summed E-state index contributed by atoms with van der Waals surface area (Å²) in [5, 5.41) is 21.3. The van der Waals surface area contributed by atoms with Crippen molar-refractivity contribution in [2.24, 2.45) is 7.05 Å². The second-order valence-corrected chi connectivity index (χ2v) is 4.46. The molecule has 0 aliphatic heterocycles. The van der Waals surface area contributed by atoms with Crippen molar-refractivity contribution in [1.82, 2.24) is 9.55 Å². The van der Waals surface area contributed by atoms with Crippen LogP contribution in [-0.4, -0.2) is 39.0 Å². The number of nitrogens with zero attached hydrogens (tertiary/aromatic N) is 2. The molecule has 0 bridgehead atoms. The lowest BCUT2D eigenvalue weighted by Gasteiger charge is -2.16. The number of aliphatic hydroxyl groups is 2. The zero-order valence-electron chi connectivity index (χ0n) is 10.7. The van der Waals surface area contributed by atoms with Crippen molar-refractivity contribution in [3.8, 4) is 0 Å². The number of aromatic nitrogens is 2. The molecule has 0 aliphatic rings. The molecular weight excluding hydrogens is 230 g/mol. The lowest BCUT2D eigenvalue weighted by molar-refractivity contribution is 0.229. The van der Waals surface area contributed by atoms with E-state index in [1.54, 1.807) is 0 Å². The number of hydrogen-bond donors (Lipinski definition) is 3. The molecule has 1 aromatic carbocycles. The first kappa shape index (κ1) is 12.9. The summed E-state index contributed by atoms with van der Waals surface area (Å²) < 4.78 is 2.04. The van der Waals surface area contributed by atoms with Gasteiger partial charge in [0.15, 0.2) is 0 Å². The first-order chi connectivity index (χ1) is 8.65. The van der Waals surface area contributed by atoms with Crippen LogP contribution in [0.15, 0.2) is 18.2 Å². The molecule has 1 aromatic heterocycles. The Hall–Kier alpha value is -1.59. The van der Waals surface area contributed by atoms with Crippen LogP contribution in [0.25, 0.3) is 11.0 Å². The lowest BCUT2D eigenvalue weighted by Crippen LogP contribution is -2.24. The van der Waals surface area contributed by atoms with Gasteiger partial charge in [0.1, 0.15) is 5.82 Å². The molecule has 3 N–H and O–H groups in total. The molecule has 1 heterocycles. The molecular formula is C13H19N3O2. The second kappa shape index (κ2) is 5.37. The maximum Gasteiger partial charge on any atom is 0.106 e. The fraction of sp³-hybridized carbons (Fsp3) is 0.462. The summed E-state index contributed by atoms with van der Waals surface area (Å²) in [5.74, 6) is 0.969. The molecule has 0 spiro atoms. The Bertz CT molecular complexity index is 536. The minimum Gasteiger partial charge on any atom is -0.396 e. The molecule has 0 saturated carbocycles. The second-order valence-electron chi connectivity index (χ2n) is 4.46. The third kappa shape index (κ3) is 2.47. The first-order valence-corrected chi connectivity index (χ1v) is 6.07. The van der Waals surface area contributed by atoms with Crippen molar-refractivity contribution in [3.05, 3.63) is 24.0 Å². The van der Waals surface area contributed by atoms with Crippen LogP contribution in [-0.2, 0) is 7.05 Å². The summed E-state index contributed by atoms with van der Waals surface area (Å²) in [6.45, 7) is 2.03. The van der Waals surface area contributed by atoms with Crippen LogP contribution in [0.3, 0.4) is 0 Å². The monoisotopic (exact) mass is 249 g/mol. The quantitative estimate of drug-likeness (QED) is 0.740. The van der Waals surface area contributed by atoms with E-state index < -0.39 is 0 Å². The van der Waals surface area contributed by atoms with Gasteiger partial charge < -0.3 is 20.1 Å². The molecule has 1 unspecified atom stereocenters. The highest BCUT2D eigenvalue weighted by atomic mass is 16.3. The fourth-order valence-electron chi connectivity index (χ4n) is 2.01. The van der Waals surface area contributed by atoms with Crippen LogP contribution in [0.5, 0.6) is 0 Å². The normalized spacial score (nSPS) is 12.9. The van der Waals surface area contributed by atoms with Gasteiger partial charge in [-0.3, -0.25) is 0 Å². The summed E-state index contributed by atoms with van der Waals surface area (Å²) >= 11 is 0. The Balaban J connectivity index is 2.24. The van der Waals surface area contributed by atoms with Crippen LogP contribution in [0.1, 0.15) is 12.2 Å². The molecule has 2 aromatic rings. The number of nitrogens with one attached hydrogen (secondary N) is 1. The molecule has 0 radical (unpaired) electrons. The fourth-order valence-corrected chi connectivity index (χ4v) is 2.01. The van der Waals surface area contributed by atoms with Gasteiger partial charge in [-0.1, -0.05) is 0 Å². The van der Waals surface area contributed by atoms with E-state index >= 15 is 0 Å². The molecule has 2 rings (SSSR count). The zero-order valence-corrected chi connectivity index (χ0v) is 10.7. The van der Waals surface area contributed by atoms with Crippen LogP contribution >= 0.6 is 0 Å². The standard InChI is InChI=1S/C13H19N3O2/c1-9-14-12-7-10(3-4-13(12)16(9)2)15-11(8-18)5-6-17/h3-4,7,11,15,17-18H,5-6,8H2,1-2H3. The average molecular weight is 249 g/mol. The summed E-state index contributed by atoms with van der Waals surface area (Å²) in [5.41, 5.74) is 2.93. The van der Waals surface area contributed by atoms with Gasteiger partial charge >= 0.3 is 0 Å². The highest BCUT2D eigenvalue weighted by molar-refractivity contribution is 5.80. The van der Waals surface area contributed by atoms with Gasteiger partial charge in [0.25, 0.3) is 0 Å². The zero-order chi connectivity index (χ0) is 13.1. The van der Waals surface area contributed by atoms with Gasteiger partial charge in [0.05, 0.1) is 23.7 Å². The number of rotatable bonds is 5. The van der Waals surface area contributed by atoms with E-state index in [0.29, 0.717) is 6.42 Å². The van der Waals surface area contributed by atoms with Gasteiger partial charge in [0, 0.05) is 19.3 Å². The van der Waals surface area contributed by atoms with E-state index in [4.69, 9.17) is 5.11 Å². The first-order valence-electron chi connectivity index (χ1n) is 6.07. The number of hydrogen-bond acceptors (Lipinski definition) is 4. The Kier molecular flexibility index (Phi) is 3.84. The number of benzene rings is 1. The largest absolute Gasteiger partial charge is 0.396 e. The number of fused-ring (bicyclic) bond motifs is 1. The van der Waals surface area contributed by atoms with Crippen LogP contribution in [0.2, 0.25) is 0 Å². The smallest absolute Gasteiger partial charge is 0.106 e. The topological polar surface area (TPSA) is 70.3 Å². The third-order valence-electron chi connectivity index (χ3n) is 3.17. The van der Waals surface area contributed by atoms with Gasteiger partial charge in [0.2, 0.25) is 0 Å². The van der Waals surface area contributed by atoms with Crippen molar-refractivity contribution in [2.75, 3.05) is 18.5 Å². The van der Waals surface area contributed by atoms with Crippen molar-refractivity contribution in [3.63, 3.8) is 0 Å². The average Bonchev–Trinajstić information content (AvgIpc) is 2.64. The molecule has 1 atom stereocenters. The Labute approximate surface area is 106 Å². The molecule has 98 valence electrons. The molecule has 18 heavy (non-hydrogen) atoms. The highest BCUT2D eigenvalue weighted by Crippen LogP contribution is 2.20. The van der Waals surface area contributed by atoms with Gasteiger partial charge in [-0.15, -0.1) is 0 Å². The predicted octanol–water partition coefficient (Wildman–Crippen LogP) is 1.04. The van der Waals surface area contributed by atoms with Gasteiger partial charge in [-0.25, -0.2) is 4.98 Å². The number of aryl methyl sites for hydroxylation is 2. The Morgan fingerprint density at radius 1 is 1.39 bits per heavy atom. The maximum atomic E-state index is 9.19. The van der Waals surface area contributed by atoms with E-state index in [2.05, 4.69) is 10.3 Å². The summed E-state index contributed by atoms with van der Waals surface area (Å²) in [6, 6.07) is 5.80. The van der Waals surface area contributed by atoms with Gasteiger partial charge in [-0.05, 0) is 31.5 Å². The number of aliphatic hydroxyl groups excluding tert-OH is 2. The molecule has 0 fully saturated rings.